The van der Waals surface area contributed by atoms with Crippen LogP contribution in [0.25, 0.3) is 11.0 Å². The van der Waals surface area contributed by atoms with Crippen molar-refractivity contribution in [1.82, 2.24) is 4.98 Å². The Bertz CT molecular complexity index is 997. The Morgan fingerprint density at radius 3 is 2.48 bits per heavy atom. The molecule has 120 valence electrons. The van der Waals surface area contributed by atoms with Gasteiger partial charge in [0.15, 0.2) is 0 Å². The van der Waals surface area contributed by atoms with Gasteiger partial charge in [0.25, 0.3) is 0 Å². The second-order valence-electron chi connectivity index (χ2n) is 5.72. The highest BCUT2D eigenvalue weighted by atomic mass is 16.3. The van der Waals surface area contributed by atoms with Crippen molar-refractivity contribution in [3.8, 4) is 6.07 Å². The number of furan rings is 1. The van der Waals surface area contributed by atoms with Gasteiger partial charge in [0, 0.05) is 11.6 Å². The van der Waals surface area contributed by atoms with Gasteiger partial charge in [0.1, 0.15) is 29.3 Å². The largest absolute Gasteiger partial charge is 0.459 e. The minimum Gasteiger partial charge on any atom is -0.459 e. The highest BCUT2D eigenvalue weighted by molar-refractivity contribution is 5.78. The Morgan fingerprint density at radius 1 is 0.960 bits per heavy atom. The van der Waals surface area contributed by atoms with Crippen LogP contribution >= 0.6 is 0 Å². The molecule has 0 saturated heterocycles. The molecular weight excluding hydrogens is 310 g/mol. The Kier molecular flexibility index (Phi) is 3.89. The second-order valence-corrected chi connectivity index (χ2v) is 5.72. The molecule has 0 unspecified atom stereocenters. The second kappa shape index (κ2) is 6.50. The fourth-order valence-corrected chi connectivity index (χ4v) is 2.80. The summed E-state index contributed by atoms with van der Waals surface area (Å²) in [6.45, 7) is 0. The third kappa shape index (κ3) is 3.08. The number of nitriles is 1. The molecule has 0 aliphatic heterocycles. The lowest BCUT2D eigenvalue weighted by molar-refractivity contribution is 0.536. The number of aromatic nitrogens is 1. The predicted octanol–water partition coefficient (Wildman–Crippen LogP) is 4.90. The summed E-state index contributed by atoms with van der Waals surface area (Å²) in [5, 5.41) is 13.4. The molecule has 2 aromatic heterocycles. The summed E-state index contributed by atoms with van der Waals surface area (Å²) in [6, 6.07) is 25.5. The Hall–Kier alpha value is -3.58. The zero-order chi connectivity index (χ0) is 17.1. The van der Waals surface area contributed by atoms with Gasteiger partial charge in [-0.3, -0.25) is 0 Å². The van der Waals surface area contributed by atoms with Crippen molar-refractivity contribution >= 4 is 16.8 Å². The van der Waals surface area contributed by atoms with E-state index in [4.69, 9.17) is 9.68 Å². The number of hydrogen-bond donors (Lipinski definition) is 1. The smallest absolute Gasteiger partial charge is 0.134 e. The van der Waals surface area contributed by atoms with Gasteiger partial charge in [-0.05, 0) is 29.8 Å². The van der Waals surface area contributed by atoms with Gasteiger partial charge >= 0.3 is 0 Å². The van der Waals surface area contributed by atoms with E-state index in [9.17, 15) is 0 Å². The van der Waals surface area contributed by atoms with Crippen molar-refractivity contribution < 1.29 is 4.42 Å². The van der Waals surface area contributed by atoms with E-state index in [1.807, 2.05) is 48.5 Å². The van der Waals surface area contributed by atoms with E-state index in [1.165, 1.54) is 0 Å². The van der Waals surface area contributed by atoms with Gasteiger partial charge in [0.2, 0.25) is 0 Å². The molecule has 0 aliphatic rings. The number of fused-ring (bicyclic) bond motifs is 1. The van der Waals surface area contributed by atoms with Crippen LogP contribution in [0.3, 0.4) is 0 Å². The molecule has 1 atom stereocenters. The van der Waals surface area contributed by atoms with Gasteiger partial charge in [-0.1, -0.05) is 48.5 Å². The van der Waals surface area contributed by atoms with Crippen molar-refractivity contribution in [2.24, 2.45) is 0 Å². The Morgan fingerprint density at radius 2 is 1.76 bits per heavy atom. The van der Waals surface area contributed by atoms with E-state index in [-0.39, 0.29) is 6.04 Å². The summed E-state index contributed by atoms with van der Waals surface area (Å²) in [7, 11) is 0. The molecule has 0 amide bonds. The lowest BCUT2D eigenvalue weighted by Gasteiger charge is -2.17. The number of anilines is 1. The molecule has 0 fully saturated rings. The maximum atomic E-state index is 8.92. The molecule has 25 heavy (non-hydrogen) atoms. The van der Waals surface area contributed by atoms with Crippen molar-refractivity contribution in [3.63, 3.8) is 0 Å². The molecule has 0 spiro atoms. The van der Waals surface area contributed by atoms with E-state index < -0.39 is 0 Å². The molecule has 0 saturated carbocycles. The quantitative estimate of drug-likeness (QED) is 0.579. The van der Waals surface area contributed by atoms with Gasteiger partial charge in [-0.15, -0.1) is 0 Å². The molecule has 4 rings (SSSR count). The lowest BCUT2D eigenvalue weighted by atomic mass is 10.0. The zero-order valence-corrected chi connectivity index (χ0v) is 13.4. The van der Waals surface area contributed by atoms with E-state index in [1.54, 1.807) is 18.3 Å². The van der Waals surface area contributed by atoms with Gasteiger partial charge in [0.05, 0.1) is 5.56 Å². The van der Waals surface area contributed by atoms with E-state index in [0.717, 1.165) is 22.3 Å². The molecule has 2 aromatic carbocycles. The molecular formula is C21H15N3O. The SMILES string of the molecule is N#Cc1ccc(N[C@@H](c2ccccc2)c2cc3ccccc3o2)nc1. The van der Waals surface area contributed by atoms with Crippen molar-refractivity contribution in [3.05, 3.63) is 95.9 Å². The third-order valence-electron chi connectivity index (χ3n) is 4.05. The Balaban J connectivity index is 1.74. The lowest BCUT2D eigenvalue weighted by Crippen LogP contribution is -2.12. The number of nitrogens with one attached hydrogen (secondary N) is 1. The number of benzene rings is 2. The molecule has 0 bridgehead atoms. The number of pyridine rings is 1. The first kappa shape index (κ1) is 15.0. The molecule has 4 aromatic rings. The van der Waals surface area contributed by atoms with Crippen LogP contribution in [0.15, 0.2) is 83.4 Å². The maximum absolute atomic E-state index is 8.92. The van der Waals surface area contributed by atoms with Gasteiger partial charge in [-0.25, -0.2) is 4.98 Å². The van der Waals surface area contributed by atoms with E-state index >= 15 is 0 Å². The fraction of sp³-hybridized carbons (Fsp3) is 0.0476. The molecule has 1 N–H and O–H groups in total. The van der Waals surface area contributed by atoms with E-state index in [0.29, 0.717) is 11.4 Å². The minimum absolute atomic E-state index is 0.172. The minimum atomic E-state index is -0.172. The topological polar surface area (TPSA) is 61.9 Å². The summed E-state index contributed by atoms with van der Waals surface area (Å²) >= 11 is 0. The number of nitrogens with zero attached hydrogens (tertiary/aromatic N) is 2. The van der Waals surface area contributed by atoms with Crippen LogP contribution in [0.2, 0.25) is 0 Å². The maximum Gasteiger partial charge on any atom is 0.134 e. The van der Waals surface area contributed by atoms with Crippen LogP contribution in [-0.4, -0.2) is 4.98 Å². The summed E-state index contributed by atoms with van der Waals surface area (Å²) in [6.07, 6.45) is 1.56. The standard InChI is InChI=1S/C21H15N3O/c22-13-15-10-11-20(23-14-15)24-21(16-6-2-1-3-7-16)19-12-17-8-4-5-9-18(17)25-19/h1-12,14,21H,(H,23,24)/t21-/m0/s1. The van der Waals surface area contributed by atoms with Crippen LogP contribution < -0.4 is 5.32 Å². The average Bonchev–Trinajstić information content (AvgIpc) is 3.11. The molecule has 4 heteroatoms. The number of rotatable bonds is 4. The number of para-hydroxylation sites is 1. The summed E-state index contributed by atoms with van der Waals surface area (Å²) in [4.78, 5) is 4.32. The first-order valence-corrected chi connectivity index (χ1v) is 7.99. The van der Waals surface area contributed by atoms with Gasteiger partial charge in [-0.2, -0.15) is 5.26 Å². The molecule has 0 aliphatic carbocycles. The van der Waals surface area contributed by atoms with Crippen LogP contribution in [0.4, 0.5) is 5.82 Å². The molecule has 2 heterocycles. The normalized spacial score (nSPS) is 11.8. The average molecular weight is 325 g/mol. The van der Waals surface area contributed by atoms with Crippen molar-refractivity contribution in [2.45, 2.75) is 6.04 Å². The first-order valence-electron chi connectivity index (χ1n) is 7.99. The van der Waals surface area contributed by atoms with Crippen LogP contribution in [0, 0.1) is 11.3 Å². The highest BCUT2D eigenvalue weighted by Gasteiger charge is 2.19. The monoisotopic (exact) mass is 325 g/mol. The highest BCUT2D eigenvalue weighted by Crippen LogP contribution is 2.30. The molecule has 0 radical (unpaired) electrons. The van der Waals surface area contributed by atoms with Crippen molar-refractivity contribution in [1.29, 1.82) is 5.26 Å². The number of hydrogen-bond acceptors (Lipinski definition) is 4. The fourth-order valence-electron chi connectivity index (χ4n) is 2.80. The summed E-state index contributed by atoms with van der Waals surface area (Å²) in [5.41, 5.74) is 2.46. The van der Waals surface area contributed by atoms with Gasteiger partial charge < -0.3 is 9.73 Å². The summed E-state index contributed by atoms with van der Waals surface area (Å²) in [5.74, 6) is 1.51. The van der Waals surface area contributed by atoms with Crippen LogP contribution in [-0.2, 0) is 0 Å². The zero-order valence-electron chi connectivity index (χ0n) is 13.4. The van der Waals surface area contributed by atoms with E-state index in [2.05, 4.69) is 28.5 Å². The van der Waals surface area contributed by atoms with Crippen molar-refractivity contribution in [2.75, 3.05) is 5.32 Å². The molecule has 4 nitrogen and oxygen atoms in total. The Labute approximate surface area is 145 Å². The summed E-state index contributed by atoms with van der Waals surface area (Å²) < 4.78 is 6.06. The van der Waals surface area contributed by atoms with Crippen LogP contribution in [0.5, 0.6) is 0 Å². The van der Waals surface area contributed by atoms with Crippen LogP contribution in [0.1, 0.15) is 22.9 Å². The predicted molar refractivity (Wildman–Crippen MR) is 97.1 cm³/mol. The first-order chi connectivity index (χ1) is 12.3. The third-order valence-corrected chi connectivity index (χ3v) is 4.05.